The van der Waals surface area contributed by atoms with Crippen molar-refractivity contribution in [3.05, 3.63) is 47.1 Å². The SMILES string of the molecule is CNC(=O)c1cc(NC(=O)NCc2cc(C(C)C)no2)ccc1F. The molecule has 0 unspecified atom stereocenters. The van der Waals surface area contributed by atoms with Crippen molar-refractivity contribution in [2.75, 3.05) is 12.4 Å². The molecule has 3 amide bonds. The lowest BCUT2D eigenvalue weighted by atomic mass is 10.1. The van der Waals surface area contributed by atoms with Crippen LogP contribution in [0.2, 0.25) is 0 Å². The summed E-state index contributed by atoms with van der Waals surface area (Å²) in [5, 5.41) is 11.4. The summed E-state index contributed by atoms with van der Waals surface area (Å²) in [6, 6.07) is 5.01. The van der Waals surface area contributed by atoms with Crippen LogP contribution in [0.15, 0.2) is 28.8 Å². The summed E-state index contributed by atoms with van der Waals surface area (Å²) in [6.07, 6.45) is 0. The van der Waals surface area contributed by atoms with Gasteiger partial charge >= 0.3 is 6.03 Å². The molecule has 1 aromatic heterocycles. The van der Waals surface area contributed by atoms with Gasteiger partial charge < -0.3 is 20.5 Å². The summed E-state index contributed by atoms with van der Waals surface area (Å²) >= 11 is 0. The molecule has 2 aromatic rings. The van der Waals surface area contributed by atoms with E-state index in [1.807, 2.05) is 13.8 Å². The second-order valence-corrected chi connectivity index (χ2v) is 5.45. The van der Waals surface area contributed by atoms with Gasteiger partial charge in [0.1, 0.15) is 5.82 Å². The first-order valence-electron chi connectivity index (χ1n) is 7.42. The third-order valence-corrected chi connectivity index (χ3v) is 3.29. The summed E-state index contributed by atoms with van der Waals surface area (Å²) in [5.41, 5.74) is 0.959. The summed E-state index contributed by atoms with van der Waals surface area (Å²) in [6.45, 7) is 4.13. The van der Waals surface area contributed by atoms with Crippen LogP contribution in [-0.2, 0) is 6.54 Å². The Labute approximate surface area is 138 Å². The Morgan fingerprint density at radius 1 is 1.29 bits per heavy atom. The smallest absolute Gasteiger partial charge is 0.319 e. The molecule has 0 saturated heterocycles. The molecule has 128 valence electrons. The van der Waals surface area contributed by atoms with Crippen LogP contribution in [0.5, 0.6) is 0 Å². The van der Waals surface area contributed by atoms with Gasteiger partial charge in [-0.05, 0) is 24.1 Å². The minimum absolute atomic E-state index is 0.146. The number of urea groups is 1. The predicted molar refractivity (Wildman–Crippen MR) is 86.2 cm³/mol. The number of benzene rings is 1. The molecule has 1 aromatic carbocycles. The molecular weight excluding hydrogens is 315 g/mol. The fourth-order valence-corrected chi connectivity index (χ4v) is 1.94. The van der Waals surface area contributed by atoms with Crippen molar-refractivity contribution in [1.29, 1.82) is 0 Å². The van der Waals surface area contributed by atoms with Crippen molar-refractivity contribution in [1.82, 2.24) is 15.8 Å². The van der Waals surface area contributed by atoms with E-state index < -0.39 is 17.8 Å². The van der Waals surface area contributed by atoms with Crippen LogP contribution in [0.1, 0.15) is 41.6 Å². The number of nitrogens with zero attached hydrogens (tertiary/aromatic N) is 1. The maximum Gasteiger partial charge on any atom is 0.319 e. The zero-order valence-corrected chi connectivity index (χ0v) is 13.6. The lowest BCUT2D eigenvalue weighted by molar-refractivity contribution is 0.0959. The zero-order valence-electron chi connectivity index (χ0n) is 13.6. The van der Waals surface area contributed by atoms with Crippen molar-refractivity contribution in [3.63, 3.8) is 0 Å². The molecule has 0 aliphatic rings. The van der Waals surface area contributed by atoms with Crippen molar-refractivity contribution >= 4 is 17.6 Å². The highest BCUT2D eigenvalue weighted by Gasteiger charge is 2.13. The fourth-order valence-electron chi connectivity index (χ4n) is 1.94. The molecule has 0 spiro atoms. The van der Waals surface area contributed by atoms with Crippen LogP contribution < -0.4 is 16.0 Å². The summed E-state index contributed by atoms with van der Waals surface area (Å²) in [4.78, 5) is 23.4. The van der Waals surface area contributed by atoms with Crippen LogP contribution >= 0.6 is 0 Å². The Morgan fingerprint density at radius 3 is 2.67 bits per heavy atom. The van der Waals surface area contributed by atoms with E-state index in [-0.39, 0.29) is 18.0 Å². The van der Waals surface area contributed by atoms with Crippen LogP contribution in [0, 0.1) is 5.82 Å². The number of carbonyl (C=O) groups is 2. The zero-order chi connectivity index (χ0) is 17.7. The van der Waals surface area contributed by atoms with E-state index >= 15 is 0 Å². The third-order valence-electron chi connectivity index (χ3n) is 3.29. The van der Waals surface area contributed by atoms with Gasteiger partial charge in [0.25, 0.3) is 5.91 Å². The Bertz CT molecular complexity index is 743. The average Bonchev–Trinajstić information content (AvgIpc) is 3.03. The Morgan fingerprint density at radius 2 is 2.04 bits per heavy atom. The highest BCUT2D eigenvalue weighted by molar-refractivity contribution is 5.96. The first-order valence-corrected chi connectivity index (χ1v) is 7.42. The lowest BCUT2D eigenvalue weighted by Gasteiger charge is -2.08. The van der Waals surface area contributed by atoms with Gasteiger partial charge in [0.05, 0.1) is 17.8 Å². The number of anilines is 1. The molecule has 0 fully saturated rings. The lowest BCUT2D eigenvalue weighted by Crippen LogP contribution is -2.28. The molecule has 1 heterocycles. The number of nitrogens with one attached hydrogen (secondary N) is 3. The van der Waals surface area contributed by atoms with Gasteiger partial charge in [0, 0.05) is 18.8 Å². The van der Waals surface area contributed by atoms with Crippen molar-refractivity contribution < 1.29 is 18.5 Å². The summed E-state index contributed by atoms with van der Waals surface area (Å²) < 4.78 is 18.7. The maximum absolute atomic E-state index is 13.6. The quantitative estimate of drug-likeness (QED) is 0.783. The molecule has 3 N–H and O–H groups in total. The molecule has 0 aliphatic heterocycles. The number of aromatic nitrogens is 1. The van der Waals surface area contributed by atoms with Gasteiger partial charge in [0.15, 0.2) is 5.76 Å². The molecule has 0 radical (unpaired) electrons. The van der Waals surface area contributed by atoms with Crippen LogP contribution in [0.25, 0.3) is 0 Å². The summed E-state index contributed by atoms with van der Waals surface area (Å²) in [7, 11) is 1.40. The molecule has 0 atom stereocenters. The van der Waals surface area contributed by atoms with Gasteiger partial charge in [-0.15, -0.1) is 0 Å². The van der Waals surface area contributed by atoms with E-state index in [2.05, 4.69) is 21.1 Å². The van der Waals surface area contributed by atoms with E-state index in [1.165, 1.54) is 19.2 Å². The van der Waals surface area contributed by atoms with Gasteiger partial charge in [0.2, 0.25) is 0 Å². The number of carbonyl (C=O) groups excluding carboxylic acids is 2. The van der Waals surface area contributed by atoms with Gasteiger partial charge in [-0.2, -0.15) is 0 Å². The van der Waals surface area contributed by atoms with E-state index in [4.69, 9.17) is 4.52 Å². The topological polar surface area (TPSA) is 96.3 Å². The molecule has 0 aliphatic carbocycles. The van der Waals surface area contributed by atoms with E-state index in [0.717, 1.165) is 11.8 Å². The van der Waals surface area contributed by atoms with Crippen molar-refractivity contribution in [2.24, 2.45) is 0 Å². The van der Waals surface area contributed by atoms with E-state index in [0.29, 0.717) is 11.4 Å². The number of hydrogen-bond donors (Lipinski definition) is 3. The van der Waals surface area contributed by atoms with Gasteiger partial charge in [-0.25, -0.2) is 9.18 Å². The number of amides is 3. The molecule has 7 nitrogen and oxygen atoms in total. The van der Waals surface area contributed by atoms with Crippen molar-refractivity contribution in [2.45, 2.75) is 26.3 Å². The van der Waals surface area contributed by atoms with Crippen molar-refractivity contribution in [3.8, 4) is 0 Å². The largest absolute Gasteiger partial charge is 0.359 e. The van der Waals surface area contributed by atoms with E-state index in [9.17, 15) is 14.0 Å². The first-order chi connectivity index (χ1) is 11.4. The second kappa shape index (κ2) is 7.58. The highest BCUT2D eigenvalue weighted by atomic mass is 19.1. The number of rotatable bonds is 5. The standard InChI is InChI=1S/C16H19FN4O3/c1-9(2)14-7-11(24-21-14)8-19-16(23)20-10-4-5-13(17)12(6-10)15(22)18-3/h4-7,9H,8H2,1-3H3,(H,18,22)(H2,19,20,23). The Balaban J connectivity index is 1.95. The normalized spacial score (nSPS) is 10.5. The minimum atomic E-state index is -0.664. The monoisotopic (exact) mass is 334 g/mol. The molecule has 0 bridgehead atoms. The second-order valence-electron chi connectivity index (χ2n) is 5.45. The Hall–Kier alpha value is -2.90. The summed E-state index contributed by atoms with van der Waals surface area (Å²) in [5.74, 6) is -0.472. The number of hydrogen-bond acceptors (Lipinski definition) is 4. The van der Waals surface area contributed by atoms with Crippen LogP contribution in [0.3, 0.4) is 0 Å². The maximum atomic E-state index is 13.6. The number of halogens is 1. The fraction of sp³-hybridized carbons (Fsp3) is 0.312. The molecular formula is C16H19FN4O3. The van der Waals surface area contributed by atoms with Crippen LogP contribution in [0.4, 0.5) is 14.9 Å². The molecule has 8 heteroatoms. The Kier molecular flexibility index (Phi) is 5.51. The van der Waals surface area contributed by atoms with Gasteiger partial charge in [-0.3, -0.25) is 4.79 Å². The average molecular weight is 334 g/mol. The molecule has 24 heavy (non-hydrogen) atoms. The van der Waals surface area contributed by atoms with E-state index in [1.54, 1.807) is 6.07 Å². The molecule has 0 saturated carbocycles. The molecule has 2 rings (SSSR count). The minimum Gasteiger partial charge on any atom is -0.359 e. The van der Waals surface area contributed by atoms with Gasteiger partial charge in [-0.1, -0.05) is 19.0 Å². The van der Waals surface area contributed by atoms with Crippen LogP contribution in [-0.4, -0.2) is 24.1 Å². The predicted octanol–water partition coefficient (Wildman–Crippen LogP) is 2.62. The highest BCUT2D eigenvalue weighted by Crippen LogP contribution is 2.15. The third kappa shape index (κ3) is 4.31. The first kappa shape index (κ1) is 17.5.